The van der Waals surface area contributed by atoms with E-state index in [2.05, 4.69) is 22.6 Å². The fraction of sp³-hybridized carbons (Fsp3) is 0.240. The molecular formula is C25H23Cl2N3O. The summed E-state index contributed by atoms with van der Waals surface area (Å²) in [7, 11) is 0. The van der Waals surface area contributed by atoms with Gasteiger partial charge in [0.25, 0.3) is 0 Å². The van der Waals surface area contributed by atoms with Crippen molar-refractivity contribution in [3.05, 3.63) is 101 Å². The van der Waals surface area contributed by atoms with E-state index in [9.17, 15) is 4.79 Å². The third-order valence-corrected chi connectivity index (χ3v) is 6.45. The van der Waals surface area contributed by atoms with Gasteiger partial charge in [-0.2, -0.15) is 0 Å². The summed E-state index contributed by atoms with van der Waals surface area (Å²) in [6.07, 6.45) is 6.16. The molecule has 0 spiro atoms. The zero-order chi connectivity index (χ0) is 22.0. The molecule has 2 aromatic carbocycles. The third-order valence-electron chi connectivity index (χ3n) is 5.96. The molecule has 1 aliphatic rings. The standard InChI is InChI=1S/C25H23Cl2N3O/c1-3-12-25(2)15-21(18-5-4-6-20(27)14-18)23(17-7-9-19(26)10-8-17)30(24(25)31)22-11-13-28-16-29-22/h3-11,13-14,16,21,23H,1,12,15H2,2H3. The number of hydrogen-bond donors (Lipinski definition) is 0. The molecule has 1 saturated heterocycles. The van der Waals surface area contributed by atoms with Crippen LogP contribution in [0.4, 0.5) is 5.82 Å². The van der Waals surface area contributed by atoms with Crippen molar-refractivity contribution in [2.75, 3.05) is 4.90 Å². The maximum Gasteiger partial charge on any atom is 0.235 e. The molecule has 6 heteroatoms. The van der Waals surface area contributed by atoms with Crippen LogP contribution in [0.15, 0.2) is 79.8 Å². The molecule has 1 fully saturated rings. The average Bonchev–Trinajstić information content (AvgIpc) is 2.77. The van der Waals surface area contributed by atoms with E-state index in [1.807, 2.05) is 60.4 Å². The number of aromatic nitrogens is 2. The number of hydrogen-bond acceptors (Lipinski definition) is 3. The zero-order valence-electron chi connectivity index (χ0n) is 17.2. The Labute approximate surface area is 192 Å². The fourth-order valence-corrected chi connectivity index (χ4v) is 4.85. The highest BCUT2D eigenvalue weighted by Gasteiger charge is 2.50. The van der Waals surface area contributed by atoms with Gasteiger partial charge in [0, 0.05) is 22.2 Å². The lowest BCUT2D eigenvalue weighted by molar-refractivity contribution is -0.131. The number of allylic oxidation sites excluding steroid dienone is 1. The van der Waals surface area contributed by atoms with Gasteiger partial charge in [0.2, 0.25) is 5.91 Å². The molecule has 2 heterocycles. The number of carbonyl (C=O) groups excluding carboxylic acids is 1. The van der Waals surface area contributed by atoms with Gasteiger partial charge in [0.15, 0.2) is 0 Å². The van der Waals surface area contributed by atoms with Crippen LogP contribution in [-0.2, 0) is 4.79 Å². The lowest BCUT2D eigenvalue weighted by Gasteiger charge is -2.48. The molecule has 3 unspecified atom stereocenters. The van der Waals surface area contributed by atoms with E-state index >= 15 is 0 Å². The Balaban J connectivity index is 1.94. The van der Waals surface area contributed by atoms with E-state index in [-0.39, 0.29) is 17.9 Å². The number of nitrogens with zero attached hydrogens (tertiary/aromatic N) is 3. The van der Waals surface area contributed by atoms with Crippen molar-refractivity contribution in [2.45, 2.75) is 31.7 Å². The summed E-state index contributed by atoms with van der Waals surface area (Å²) in [5.74, 6) is 0.587. The summed E-state index contributed by atoms with van der Waals surface area (Å²) < 4.78 is 0. The highest BCUT2D eigenvalue weighted by atomic mass is 35.5. The summed E-state index contributed by atoms with van der Waals surface area (Å²) >= 11 is 12.5. The first-order chi connectivity index (χ1) is 14.9. The van der Waals surface area contributed by atoms with E-state index in [1.54, 1.807) is 12.3 Å². The number of anilines is 1. The molecule has 4 nitrogen and oxygen atoms in total. The highest BCUT2D eigenvalue weighted by molar-refractivity contribution is 6.30. The van der Waals surface area contributed by atoms with Crippen molar-refractivity contribution in [1.29, 1.82) is 0 Å². The van der Waals surface area contributed by atoms with Gasteiger partial charge in [0.05, 0.1) is 11.5 Å². The SMILES string of the molecule is C=CCC1(C)CC(c2cccc(Cl)c2)C(c2ccc(Cl)cc2)N(c2ccncn2)C1=O. The Bertz CT molecular complexity index is 1090. The largest absolute Gasteiger partial charge is 0.288 e. The predicted octanol–water partition coefficient (Wildman–Crippen LogP) is 6.63. The van der Waals surface area contributed by atoms with Crippen LogP contribution in [0.1, 0.15) is 42.9 Å². The van der Waals surface area contributed by atoms with Crippen LogP contribution >= 0.6 is 23.2 Å². The quantitative estimate of drug-likeness (QED) is 0.409. The van der Waals surface area contributed by atoms with Gasteiger partial charge in [0.1, 0.15) is 12.1 Å². The van der Waals surface area contributed by atoms with E-state index in [1.165, 1.54) is 6.33 Å². The Hall–Kier alpha value is -2.69. The number of halogens is 2. The molecule has 3 aromatic rings. The van der Waals surface area contributed by atoms with Crippen LogP contribution in [0.25, 0.3) is 0 Å². The maximum atomic E-state index is 13.9. The van der Waals surface area contributed by atoms with Crippen molar-refractivity contribution in [3.8, 4) is 0 Å². The molecule has 1 amide bonds. The Morgan fingerprint density at radius 3 is 2.55 bits per heavy atom. The molecule has 1 aromatic heterocycles. The number of carbonyl (C=O) groups is 1. The number of amides is 1. The van der Waals surface area contributed by atoms with Crippen LogP contribution in [-0.4, -0.2) is 15.9 Å². The van der Waals surface area contributed by atoms with Crippen LogP contribution in [0.5, 0.6) is 0 Å². The predicted molar refractivity (Wildman–Crippen MR) is 125 cm³/mol. The minimum Gasteiger partial charge on any atom is -0.288 e. The average molecular weight is 452 g/mol. The minimum atomic E-state index is -0.622. The molecule has 1 aliphatic heterocycles. The van der Waals surface area contributed by atoms with Gasteiger partial charge in [-0.05, 0) is 54.3 Å². The number of benzene rings is 2. The van der Waals surface area contributed by atoms with Crippen molar-refractivity contribution in [2.24, 2.45) is 5.41 Å². The fourth-order valence-electron chi connectivity index (χ4n) is 4.52. The van der Waals surface area contributed by atoms with Gasteiger partial charge in [-0.3, -0.25) is 9.69 Å². The first-order valence-electron chi connectivity index (χ1n) is 10.1. The van der Waals surface area contributed by atoms with Crippen molar-refractivity contribution >= 4 is 34.9 Å². The molecule has 0 N–H and O–H groups in total. The van der Waals surface area contributed by atoms with Gasteiger partial charge < -0.3 is 0 Å². The first-order valence-corrected chi connectivity index (χ1v) is 10.9. The van der Waals surface area contributed by atoms with E-state index in [0.29, 0.717) is 28.7 Å². The van der Waals surface area contributed by atoms with E-state index in [0.717, 1.165) is 11.1 Å². The summed E-state index contributed by atoms with van der Waals surface area (Å²) in [6.45, 7) is 5.90. The summed E-state index contributed by atoms with van der Waals surface area (Å²) in [4.78, 5) is 24.2. The zero-order valence-corrected chi connectivity index (χ0v) is 18.7. The number of rotatable bonds is 5. The summed E-state index contributed by atoms with van der Waals surface area (Å²) in [5, 5.41) is 1.32. The molecule has 0 saturated carbocycles. The molecular weight excluding hydrogens is 429 g/mol. The molecule has 31 heavy (non-hydrogen) atoms. The normalized spacial score (nSPS) is 23.6. The van der Waals surface area contributed by atoms with Gasteiger partial charge >= 0.3 is 0 Å². The maximum absolute atomic E-state index is 13.9. The minimum absolute atomic E-state index is 0.00232. The van der Waals surface area contributed by atoms with Crippen LogP contribution in [0.2, 0.25) is 10.0 Å². The van der Waals surface area contributed by atoms with Gasteiger partial charge in [-0.25, -0.2) is 9.97 Å². The molecule has 158 valence electrons. The monoisotopic (exact) mass is 451 g/mol. The Morgan fingerprint density at radius 2 is 1.90 bits per heavy atom. The van der Waals surface area contributed by atoms with Crippen molar-refractivity contribution in [3.63, 3.8) is 0 Å². The van der Waals surface area contributed by atoms with E-state index in [4.69, 9.17) is 23.2 Å². The molecule has 0 aliphatic carbocycles. The molecule has 0 bridgehead atoms. The molecule has 0 radical (unpaired) electrons. The van der Waals surface area contributed by atoms with E-state index < -0.39 is 5.41 Å². The van der Waals surface area contributed by atoms with Crippen molar-refractivity contribution in [1.82, 2.24) is 9.97 Å². The number of piperidine rings is 1. The highest BCUT2D eigenvalue weighted by Crippen LogP contribution is 2.52. The van der Waals surface area contributed by atoms with Crippen LogP contribution < -0.4 is 4.90 Å². The summed E-state index contributed by atoms with van der Waals surface area (Å²) in [5.41, 5.74) is 1.44. The molecule has 4 rings (SSSR count). The lowest BCUT2D eigenvalue weighted by Crippen LogP contribution is -2.52. The van der Waals surface area contributed by atoms with Crippen LogP contribution in [0, 0.1) is 5.41 Å². The van der Waals surface area contributed by atoms with Gasteiger partial charge in [-0.15, -0.1) is 6.58 Å². The first kappa shape index (κ1) is 21.5. The second kappa shape index (κ2) is 8.81. The smallest absolute Gasteiger partial charge is 0.235 e. The molecule has 3 atom stereocenters. The second-order valence-electron chi connectivity index (χ2n) is 8.16. The van der Waals surface area contributed by atoms with Crippen LogP contribution in [0.3, 0.4) is 0 Å². The summed E-state index contributed by atoms with van der Waals surface area (Å²) in [6, 6.07) is 17.0. The van der Waals surface area contributed by atoms with Crippen molar-refractivity contribution < 1.29 is 4.79 Å². The van der Waals surface area contributed by atoms with Gasteiger partial charge in [-0.1, -0.05) is 60.5 Å². The Morgan fingerprint density at radius 1 is 1.13 bits per heavy atom. The third kappa shape index (κ3) is 4.23. The second-order valence-corrected chi connectivity index (χ2v) is 9.03. The Kier molecular flexibility index (Phi) is 6.12. The lowest BCUT2D eigenvalue weighted by atomic mass is 9.67. The topological polar surface area (TPSA) is 46.1 Å².